The molecule has 0 saturated heterocycles. The second-order valence-corrected chi connectivity index (χ2v) is 5.58. The predicted molar refractivity (Wildman–Crippen MR) is 90.3 cm³/mol. The zero-order valence-electron chi connectivity index (χ0n) is 13.3. The summed E-state index contributed by atoms with van der Waals surface area (Å²) < 4.78 is 5.66. The molecule has 2 aromatic rings. The van der Waals surface area contributed by atoms with Gasteiger partial charge in [-0.1, -0.05) is 24.3 Å². The van der Waals surface area contributed by atoms with E-state index in [4.69, 9.17) is 4.74 Å². The number of anilines is 2. The molecule has 0 radical (unpaired) electrons. The molecule has 0 saturated carbocycles. The van der Waals surface area contributed by atoms with Crippen LogP contribution in [0.5, 0.6) is 5.75 Å². The second kappa shape index (κ2) is 7.02. The summed E-state index contributed by atoms with van der Waals surface area (Å²) in [5, 5.41) is 3.49. The first-order valence-corrected chi connectivity index (χ1v) is 7.32. The Labute approximate surface area is 127 Å². The van der Waals surface area contributed by atoms with Crippen molar-refractivity contribution in [2.75, 3.05) is 24.3 Å². The fourth-order valence-corrected chi connectivity index (χ4v) is 2.17. The molecule has 2 rings (SSSR count). The lowest BCUT2D eigenvalue weighted by Gasteiger charge is -2.18. The zero-order valence-corrected chi connectivity index (χ0v) is 13.3. The van der Waals surface area contributed by atoms with Crippen LogP contribution in [0.4, 0.5) is 11.4 Å². The highest BCUT2D eigenvalue weighted by Gasteiger charge is 2.03. The Hall–Kier alpha value is -2.16. The minimum absolute atomic E-state index is 0.209. The minimum Gasteiger partial charge on any atom is -0.491 e. The van der Waals surface area contributed by atoms with Crippen LogP contribution in [0.1, 0.15) is 19.4 Å². The summed E-state index contributed by atoms with van der Waals surface area (Å²) in [6.45, 7) is 4.87. The first-order chi connectivity index (χ1) is 10.1. The van der Waals surface area contributed by atoms with Crippen LogP contribution in [-0.4, -0.2) is 20.2 Å². The van der Waals surface area contributed by atoms with Crippen molar-refractivity contribution in [2.24, 2.45) is 0 Å². The number of benzene rings is 2. The molecule has 0 unspecified atom stereocenters. The molecule has 0 atom stereocenters. The summed E-state index contributed by atoms with van der Waals surface area (Å²) in [6, 6.07) is 16.6. The molecular formula is C18H24N2O. The van der Waals surface area contributed by atoms with Crippen LogP contribution in [0, 0.1) is 0 Å². The molecule has 0 aliphatic rings. The highest BCUT2D eigenvalue weighted by molar-refractivity contribution is 5.69. The number of rotatable bonds is 6. The van der Waals surface area contributed by atoms with Crippen molar-refractivity contribution in [1.82, 2.24) is 0 Å². The van der Waals surface area contributed by atoms with E-state index in [9.17, 15) is 0 Å². The van der Waals surface area contributed by atoms with Crippen LogP contribution in [0.3, 0.4) is 0 Å². The third kappa shape index (κ3) is 4.42. The number of hydrogen-bond acceptors (Lipinski definition) is 3. The van der Waals surface area contributed by atoms with Gasteiger partial charge in [0.05, 0.1) is 17.5 Å². The molecule has 0 aliphatic carbocycles. The predicted octanol–water partition coefficient (Wildman–Crippen LogP) is 4.15. The van der Waals surface area contributed by atoms with Crippen molar-refractivity contribution in [1.29, 1.82) is 0 Å². The van der Waals surface area contributed by atoms with Gasteiger partial charge in [-0.25, -0.2) is 0 Å². The van der Waals surface area contributed by atoms with Crippen LogP contribution < -0.4 is 15.0 Å². The lowest BCUT2D eigenvalue weighted by molar-refractivity contribution is 0.242. The van der Waals surface area contributed by atoms with Gasteiger partial charge in [0.25, 0.3) is 0 Å². The van der Waals surface area contributed by atoms with E-state index < -0.39 is 0 Å². The van der Waals surface area contributed by atoms with Crippen LogP contribution in [0.25, 0.3) is 0 Å². The summed E-state index contributed by atoms with van der Waals surface area (Å²) in [5.74, 6) is 0.919. The third-order valence-electron chi connectivity index (χ3n) is 3.16. The highest BCUT2D eigenvalue weighted by atomic mass is 16.5. The maximum absolute atomic E-state index is 5.66. The highest BCUT2D eigenvalue weighted by Crippen LogP contribution is 2.24. The fourth-order valence-electron chi connectivity index (χ4n) is 2.17. The smallest absolute Gasteiger partial charge is 0.119 e. The molecule has 3 heteroatoms. The van der Waals surface area contributed by atoms with Gasteiger partial charge >= 0.3 is 0 Å². The molecule has 112 valence electrons. The Morgan fingerprint density at radius 1 is 1.00 bits per heavy atom. The van der Waals surface area contributed by atoms with Gasteiger partial charge in [-0.2, -0.15) is 0 Å². The Bertz CT molecular complexity index is 562. The monoisotopic (exact) mass is 284 g/mol. The molecule has 0 aromatic heterocycles. The van der Waals surface area contributed by atoms with E-state index in [1.807, 2.05) is 26.0 Å². The van der Waals surface area contributed by atoms with Gasteiger partial charge in [0.1, 0.15) is 5.75 Å². The molecule has 0 fully saturated rings. The number of nitrogens with one attached hydrogen (secondary N) is 1. The van der Waals surface area contributed by atoms with E-state index in [2.05, 4.69) is 60.7 Å². The zero-order chi connectivity index (χ0) is 15.2. The van der Waals surface area contributed by atoms with Crippen molar-refractivity contribution < 1.29 is 4.74 Å². The van der Waals surface area contributed by atoms with Gasteiger partial charge in [-0.05, 0) is 43.7 Å². The average Bonchev–Trinajstić information content (AvgIpc) is 2.46. The molecule has 3 nitrogen and oxygen atoms in total. The molecule has 0 heterocycles. The summed E-state index contributed by atoms with van der Waals surface area (Å²) in [5.41, 5.74) is 3.57. The molecule has 0 spiro atoms. The summed E-state index contributed by atoms with van der Waals surface area (Å²) in [4.78, 5) is 2.11. The number of para-hydroxylation sites is 2. The van der Waals surface area contributed by atoms with Gasteiger partial charge in [-0.3, -0.25) is 0 Å². The summed E-state index contributed by atoms with van der Waals surface area (Å²) in [6.07, 6.45) is 0.209. The second-order valence-electron chi connectivity index (χ2n) is 5.58. The Kier molecular flexibility index (Phi) is 5.09. The molecule has 2 aromatic carbocycles. The van der Waals surface area contributed by atoms with Gasteiger partial charge < -0.3 is 15.0 Å². The maximum Gasteiger partial charge on any atom is 0.119 e. The van der Waals surface area contributed by atoms with E-state index in [1.54, 1.807) is 0 Å². The molecule has 0 aliphatic heterocycles. The van der Waals surface area contributed by atoms with Crippen molar-refractivity contribution >= 4 is 11.4 Å². The number of nitrogens with zero attached hydrogens (tertiary/aromatic N) is 1. The van der Waals surface area contributed by atoms with Crippen LogP contribution in [-0.2, 0) is 6.54 Å². The standard InChI is InChI=1S/C18H24N2O/c1-14(2)21-16-11-9-15(10-12-16)13-19-17-7-5-6-8-18(17)20(3)4/h5-12,14,19H,13H2,1-4H3. The number of hydrogen-bond donors (Lipinski definition) is 1. The molecule has 1 N–H and O–H groups in total. The van der Waals surface area contributed by atoms with E-state index in [-0.39, 0.29) is 6.10 Å². The largest absolute Gasteiger partial charge is 0.491 e. The van der Waals surface area contributed by atoms with Crippen LogP contribution >= 0.6 is 0 Å². The minimum atomic E-state index is 0.209. The van der Waals surface area contributed by atoms with E-state index >= 15 is 0 Å². The van der Waals surface area contributed by atoms with E-state index in [1.165, 1.54) is 11.3 Å². The van der Waals surface area contributed by atoms with Crippen molar-refractivity contribution in [3.05, 3.63) is 54.1 Å². The Balaban J connectivity index is 2.00. The molecule has 0 amide bonds. The topological polar surface area (TPSA) is 24.5 Å². The van der Waals surface area contributed by atoms with Gasteiger partial charge in [0.2, 0.25) is 0 Å². The average molecular weight is 284 g/mol. The first kappa shape index (κ1) is 15.2. The Morgan fingerprint density at radius 3 is 2.29 bits per heavy atom. The normalized spacial score (nSPS) is 10.5. The quantitative estimate of drug-likeness (QED) is 0.862. The maximum atomic E-state index is 5.66. The first-order valence-electron chi connectivity index (χ1n) is 7.32. The van der Waals surface area contributed by atoms with Gasteiger partial charge in [-0.15, -0.1) is 0 Å². The molecule has 0 bridgehead atoms. The molecule has 21 heavy (non-hydrogen) atoms. The van der Waals surface area contributed by atoms with Crippen LogP contribution in [0.2, 0.25) is 0 Å². The fraction of sp³-hybridized carbons (Fsp3) is 0.333. The summed E-state index contributed by atoms with van der Waals surface area (Å²) in [7, 11) is 4.11. The van der Waals surface area contributed by atoms with Crippen molar-refractivity contribution in [3.8, 4) is 5.75 Å². The van der Waals surface area contributed by atoms with E-state index in [0.29, 0.717) is 0 Å². The van der Waals surface area contributed by atoms with Crippen molar-refractivity contribution in [3.63, 3.8) is 0 Å². The van der Waals surface area contributed by atoms with Gasteiger partial charge in [0, 0.05) is 20.6 Å². The lowest BCUT2D eigenvalue weighted by atomic mass is 10.2. The lowest BCUT2D eigenvalue weighted by Crippen LogP contribution is -2.12. The van der Waals surface area contributed by atoms with Gasteiger partial charge in [0.15, 0.2) is 0 Å². The molecular weight excluding hydrogens is 260 g/mol. The SMILES string of the molecule is CC(C)Oc1ccc(CNc2ccccc2N(C)C)cc1. The van der Waals surface area contributed by atoms with E-state index in [0.717, 1.165) is 18.0 Å². The number of ether oxygens (including phenoxy) is 1. The van der Waals surface area contributed by atoms with Crippen molar-refractivity contribution in [2.45, 2.75) is 26.5 Å². The van der Waals surface area contributed by atoms with Crippen LogP contribution in [0.15, 0.2) is 48.5 Å². The Morgan fingerprint density at radius 2 is 1.67 bits per heavy atom. The summed E-state index contributed by atoms with van der Waals surface area (Å²) >= 11 is 0. The third-order valence-corrected chi connectivity index (χ3v) is 3.16.